The Kier molecular flexibility index (Phi) is 5.03. The second-order valence-electron chi connectivity index (χ2n) is 4.75. The molecule has 0 heterocycles. The number of carbonyl (C=O) groups excluding carboxylic acids is 1. The van der Waals surface area contributed by atoms with Gasteiger partial charge in [-0.25, -0.2) is 17.2 Å². The molecule has 2 rings (SSSR count). The molecule has 0 aromatic heterocycles. The number of hydrogen-bond donors (Lipinski definition) is 2. The van der Waals surface area contributed by atoms with E-state index in [-0.39, 0.29) is 11.4 Å². The van der Waals surface area contributed by atoms with E-state index in [0.29, 0.717) is 5.75 Å². The molecule has 2 aromatic rings. The summed E-state index contributed by atoms with van der Waals surface area (Å²) in [5.74, 6) is -2.52. The van der Waals surface area contributed by atoms with E-state index >= 15 is 0 Å². The summed E-state index contributed by atoms with van der Waals surface area (Å²) in [4.78, 5) is 10.1. The molecule has 24 heavy (non-hydrogen) atoms. The molecular weight excluding hydrogens is 342 g/mol. The minimum atomic E-state index is -4.49. The summed E-state index contributed by atoms with van der Waals surface area (Å²) in [6.45, 7) is 1.27. The van der Waals surface area contributed by atoms with Crippen molar-refractivity contribution in [2.24, 2.45) is 0 Å². The smallest absolute Gasteiger partial charge is 0.267 e. The van der Waals surface area contributed by atoms with E-state index in [4.69, 9.17) is 4.74 Å². The largest absolute Gasteiger partial charge is 0.495 e. The van der Waals surface area contributed by atoms with Gasteiger partial charge in [0.05, 0.1) is 18.5 Å². The number of rotatable bonds is 5. The van der Waals surface area contributed by atoms with Gasteiger partial charge in [0.25, 0.3) is 10.0 Å². The maximum Gasteiger partial charge on any atom is 0.267 e. The molecule has 0 saturated carbocycles. The predicted molar refractivity (Wildman–Crippen MR) is 84.5 cm³/mol. The highest BCUT2D eigenvalue weighted by Gasteiger charge is 2.24. The van der Waals surface area contributed by atoms with Crippen molar-refractivity contribution in [3.8, 4) is 5.75 Å². The lowest BCUT2D eigenvalue weighted by Gasteiger charge is -2.13. The van der Waals surface area contributed by atoms with Gasteiger partial charge >= 0.3 is 0 Å². The molecule has 0 saturated heterocycles. The Bertz CT molecular complexity index is 865. The summed E-state index contributed by atoms with van der Waals surface area (Å²) in [5.41, 5.74) is 0.210. The fourth-order valence-corrected chi connectivity index (χ4v) is 3.19. The Labute approximate surface area is 137 Å². The molecule has 9 heteroatoms. The van der Waals surface area contributed by atoms with Crippen molar-refractivity contribution in [1.29, 1.82) is 0 Å². The Morgan fingerprint density at radius 2 is 1.75 bits per heavy atom. The van der Waals surface area contributed by atoms with Crippen molar-refractivity contribution in [3.05, 3.63) is 48.0 Å². The Morgan fingerprint density at radius 3 is 2.29 bits per heavy atom. The lowest BCUT2D eigenvalue weighted by molar-refractivity contribution is -0.114. The molecule has 0 bridgehead atoms. The first-order valence-electron chi connectivity index (χ1n) is 6.67. The van der Waals surface area contributed by atoms with E-state index in [1.165, 1.54) is 32.2 Å². The first kappa shape index (κ1) is 17.7. The average molecular weight is 356 g/mol. The van der Waals surface area contributed by atoms with Gasteiger partial charge in [0, 0.05) is 6.92 Å². The number of sulfonamides is 1. The number of anilines is 2. The summed E-state index contributed by atoms with van der Waals surface area (Å²) in [6, 6.07) is 6.76. The fourth-order valence-electron chi connectivity index (χ4n) is 2.00. The highest BCUT2D eigenvalue weighted by molar-refractivity contribution is 7.92. The van der Waals surface area contributed by atoms with Gasteiger partial charge in [-0.1, -0.05) is 6.07 Å². The van der Waals surface area contributed by atoms with Gasteiger partial charge in [0.1, 0.15) is 17.4 Å². The van der Waals surface area contributed by atoms with E-state index in [0.717, 1.165) is 18.2 Å². The molecule has 0 radical (unpaired) electrons. The number of benzene rings is 2. The number of nitrogens with one attached hydrogen (secondary N) is 2. The minimum Gasteiger partial charge on any atom is -0.495 e. The van der Waals surface area contributed by atoms with Crippen molar-refractivity contribution in [2.45, 2.75) is 11.8 Å². The first-order valence-corrected chi connectivity index (χ1v) is 8.15. The monoisotopic (exact) mass is 356 g/mol. The molecule has 2 aromatic carbocycles. The summed E-state index contributed by atoms with van der Waals surface area (Å²) < 4.78 is 58.9. The average Bonchev–Trinajstić information content (AvgIpc) is 2.46. The van der Waals surface area contributed by atoms with Crippen LogP contribution in [-0.2, 0) is 14.8 Å². The van der Waals surface area contributed by atoms with Crippen molar-refractivity contribution in [1.82, 2.24) is 0 Å². The first-order chi connectivity index (χ1) is 11.2. The van der Waals surface area contributed by atoms with E-state index in [1.807, 2.05) is 0 Å². The number of amides is 1. The third-order valence-electron chi connectivity index (χ3n) is 2.95. The van der Waals surface area contributed by atoms with Crippen LogP contribution in [0.3, 0.4) is 0 Å². The summed E-state index contributed by atoms with van der Waals surface area (Å²) in [6.07, 6.45) is 0. The summed E-state index contributed by atoms with van der Waals surface area (Å²) >= 11 is 0. The van der Waals surface area contributed by atoms with Gasteiger partial charge in [0.15, 0.2) is 4.90 Å². The molecule has 1 amide bonds. The van der Waals surface area contributed by atoms with Crippen LogP contribution in [0.4, 0.5) is 20.2 Å². The second-order valence-corrected chi connectivity index (χ2v) is 6.37. The minimum absolute atomic E-state index is 0.00204. The van der Waals surface area contributed by atoms with Crippen molar-refractivity contribution < 1.29 is 26.7 Å². The quantitative estimate of drug-likeness (QED) is 0.863. The Morgan fingerprint density at radius 1 is 1.12 bits per heavy atom. The lowest BCUT2D eigenvalue weighted by atomic mass is 10.2. The zero-order chi connectivity index (χ0) is 17.9. The van der Waals surface area contributed by atoms with Gasteiger partial charge in [-0.3, -0.25) is 9.52 Å². The highest BCUT2D eigenvalue weighted by atomic mass is 32.2. The number of methoxy groups -OCH3 is 1. The third kappa shape index (κ3) is 3.80. The van der Waals surface area contributed by atoms with E-state index in [9.17, 15) is 22.0 Å². The van der Waals surface area contributed by atoms with Crippen LogP contribution in [0.5, 0.6) is 5.75 Å². The molecule has 6 nitrogen and oxygen atoms in total. The van der Waals surface area contributed by atoms with Crippen LogP contribution in [0.15, 0.2) is 41.3 Å². The van der Waals surface area contributed by atoms with Crippen LogP contribution in [0.25, 0.3) is 0 Å². The summed E-state index contributed by atoms with van der Waals surface area (Å²) in [7, 11) is -3.12. The van der Waals surface area contributed by atoms with Gasteiger partial charge < -0.3 is 10.1 Å². The van der Waals surface area contributed by atoms with Gasteiger partial charge in [-0.05, 0) is 30.3 Å². The number of carbonyl (C=O) groups is 1. The van der Waals surface area contributed by atoms with E-state index < -0.39 is 32.5 Å². The van der Waals surface area contributed by atoms with Crippen molar-refractivity contribution >= 4 is 27.3 Å². The predicted octanol–water partition coefficient (Wildman–Crippen LogP) is 2.73. The lowest BCUT2D eigenvalue weighted by Crippen LogP contribution is -2.17. The van der Waals surface area contributed by atoms with Crippen molar-refractivity contribution in [2.75, 3.05) is 17.1 Å². The van der Waals surface area contributed by atoms with Crippen LogP contribution < -0.4 is 14.8 Å². The molecule has 0 atom stereocenters. The number of hydrogen-bond acceptors (Lipinski definition) is 4. The maximum atomic E-state index is 13.7. The molecule has 128 valence electrons. The van der Waals surface area contributed by atoms with Crippen LogP contribution >= 0.6 is 0 Å². The molecule has 0 aliphatic heterocycles. The van der Waals surface area contributed by atoms with E-state index in [1.54, 1.807) is 0 Å². The standard InChI is InChI=1S/C15H14F2N2O4S/c1-9(20)18-13-8-10(6-7-14(13)23-2)19-24(21,22)15-11(16)4-3-5-12(15)17/h3-8,19H,1-2H3,(H,18,20). The molecule has 2 N–H and O–H groups in total. The zero-order valence-electron chi connectivity index (χ0n) is 12.8. The number of halogens is 2. The highest BCUT2D eigenvalue weighted by Crippen LogP contribution is 2.29. The van der Waals surface area contributed by atoms with Gasteiger partial charge in [0.2, 0.25) is 5.91 Å². The topological polar surface area (TPSA) is 84.5 Å². The molecule has 0 fully saturated rings. The van der Waals surface area contributed by atoms with Gasteiger partial charge in [-0.15, -0.1) is 0 Å². The molecule has 0 aliphatic rings. The zero-order valence-corrected chi connectivity index (χ0v) is 13.6. The van der Waals surface area contributed by atoms with Gasteiger partial charge in [-0.2, -0.15) is 0 Å². The van der Waals surface area contributed by atoms with Crippen LogP contribution in [0, 0.1) is 11.6 Å². The van der Waals surface area contributed by atoms with Crippen LogP contribution in [0.1, 0.15) is 6.92 Å². The normalized spacial score (nSPS) is 11.0. The number of ether oxygens (including phenoxy) is 1. The van der Waals surface area contributed by atoms with E-state index in [2.05, 4.69) is 10.0 Å². The Hall–Kier alpha value is -2.68. The molecule has 0 aliphatic carbocycles. The maximum absolute atomic E-state index is 13.7. The second kappa shape index (κ2) is 6.83. The molecule has 0 unspecified atom stereocenters. The van der Waals surface area contributed by atoms with Crippen LogP contribution in [-0.4, -0.2) is 21.4 Å². The summed E-state index contributed by atoms with van der Waals surface area (Å²) in [5, 5.41) is 2.47. The third-order valence-corrected chi connectivity index (χ3v) is 4.38. The fraction of sp³-hybridized carbons (Fsp3) is 0.133. The SMILES string of the molecule is COc1ccc(NS(=O)(=O)c2c(F)cccc2F)cc1NC(C)=O. The van der Waals surface area contributed by atoms with Crippen LogP contribution in [0.2, 0.25) is 0 Å². The van der Waals surface area contributed by atoms with Crippen molar-refractivity contribution in [3.63, 3.8) is 0 Å². The molecular formula is C15H14F2N2O4S. The molecule has 0 spiro atoms. The Balaban J connectivity index is 2.41.